The van der Waals surface area contributed by atoms with E-state index in [0.29, 0.717) is 0 Å². The van der Waals surface area contributed by atoms with Crippen molar-refractivity contribution in [2.45, 2.75) is 13.0 Å². The van der Waals surface area contributed by atoms with Crippen molar-refractivity contribution < 1.29 is 4.79 Å². The summed E-state index contributed by atoms with van der Waals surface area (Å²) in [4.78, 5) is 15.7. The molecule has 0 spiro atoms. The average molecular weight is 241 g/mol. The number of anilines is 1. The van der Waals surface area contributed by atoms with E-state index in [4.69, 9.17) is 0 Å². The standard InChI is InChI=1S/C14H15N3O/c1-11(12-7-9-15-10-8-12)16-14(18)17-13-5-3-2-4-6-13/h2-11H,1H3,(H2,16,17,18). The van der Waals surface area contributed by atoms with Gasteiger partial charge in [-0.25, -0.2) is 4.79 Å². The van der Waals surface area contributed by atoms with E-state index in [0.717, 1.165) is 11.3 Å². The maximum Gasteiger partial charge on any atom is 0.319 e. The molecule has 2 amide bonds. The Kier molecular flexibility index (Phi) is 3.91. The van der Waals surface area contributed by atoms with Crippen LogP contribution in [0.3, 0.4) is 0 Å². The quantitative estimate of drug-likeness (QED) is 0.868. The molecule has 0 aliphatic heterocycles. The Balaban J connectivity index is 1.92. The lowest BCUT2D eigenvalue weighted by Gasteiger charge is -2.14. The summed E-state index contributed by atoms with van der Waals surface area (Å²) in [5.41, 5.74) is 1.80. The van der Waals surface area contributed by atoms with Crippen LogP contribution in [-0.4, -0.2) is 11.0 Å². The third-order valence-corrected chi connectivity index (χ3v) is 2.59. The van der Waals surface area contributed by atoms with Gasteiger partial charge >= 0.3 is 6.03 Å². The number of urea groups is 1. The van der Waals surface area contributed by atoms with E-state index in [1.165, 1.54) is 0 Å². The highest BCUT2D eigenvalue weighted by molar-refractivity contribution is 5.89. The lowest BCUT2D eigenvalue weighted by Crippen LogP contribution is -2.31. The summed E-state index contributed by atoms with van der Waals surface area (Å²) in [6.45, 7) is 1.93. The molecular formula is C14H15N3O. The molecule has 1 atom stereocenters. The summed E-state index contributed by atoms with van der Waals surface area (Å²) in [5, 5.41) is 5.64. The fourth-order valence-electron chi connectivity index (χ4n) is 1.62. The molecule has 4 nitrogen and oxygen atoms in total. The molecule has 0 aliphatic carbocycles. The Labute approximate surface area is 106 Å². The number of hydrogen-bond donors (Lipinski definition) is 2. The predicted octanol–water partition coefficient (Wildman–Crippen LogP) is 2.96. The van der Waals surface area contributed by atoms with Gasteiger partial charge in [-0.1, -0.05) is 18.2 Å². The highest BCUT2D eigenvalue weighted by atomic mass is 16.2. The Hall–Kier alpha value is -2.36. The first-order valence-corrected chi connectivity index (χ1v) is 5.78. The molecule has 1 aromatic carbocycles. The summed E-state index contributed by atoms with van der Waals surface area (Å²) < 4.78 is 0. The van der Waals surface area contributed by atoms with Gasteiger partial charge in [0.15, 0.2) is 0 Å². The second-order valence-electron chi connectivity index (χ2n) is 3.97. The SMILES string of the molecule is CC(NC(=O)Nc1ccccc1)c1ccncc1. The van der Waals surface area contributed by atoms with E-state index in [-0.39, 0.29) is 12.1 Å². The Morgan fingerprint density at radius 1 is 1.11 bits per heavy atom. The summed E-state index contributed by atoms with van der Waals surface area (Å²) in [6, 6.07) is 12.8. The van der Waals surface area contributed by atoms with Crippen molar-refractivity contribution >= 4 is 11.7 Å². The van der Waals surface area contributed by atoms with Crippen molar-refractivity contribution in [3.05, 3.63) is 60.4 Å². The van der Waals surface area contributed by atoms with Crippen LogP contribution in [0.4, 0.5) is 10.5 Å². The lowest BCUT2D eigenvalue weighted by molar-refractivity contribution is 0.249. The summed E-state index contributed by atoms with van der Waals surface area (Å²) in [6.07, 6.45) is 3.42. The molecule has 92 valence electrons. The summed E-state index contributed by atoms with van der Waals surface area (Å²) >= 11 is 0. The molecule has 0 radical (unpaired) electrons. The largest absolute Gasteiger partial charge is 0.331 e. The van der Waals surface area contributed by atoms with E-state index in [9.17, 15) is 4.79 Å². The first-order valence-electron chi connectivity index (χ1n) is 5.78. The molecule has 2 rings (SSSR count). The molecule has 1 aromatic heterocycles. The molecule has 18 heavy (non-hydrogen) atoms. The molecule has 2 aromatic rings. The van der Waals surface area contributed by atoms with Crippen LogP contribution in [0, 0.1) is 0 Å². The number of benzene rings is 1. The number of hydrogen-bond acceptors (Lipinski definition) is 2. The van der Waals surface area contributed by atoms with Crippen LogP contribution < -0.4 is 10.6 Å². The predicted molar refractivity (Wildman–Crippen MR) is 71.2 cm³/mol. The molecule has 0 saturated heterocycles. The highest BCUT2D eigenvalue weighted by Crippen LogP contribution is 2.11. The van der Waals surface area contributed by atoms with Gasteiger partial charge in [-0.3, -0.25) is 4.98 Å². The summed E-state index contributed by atoms with van der Waals surface area (Å²) in [5.74, 6) is 0. The minimum absolute atomic E-state index is 0.0586. The molecule has 1 heterocycles. The average Bonchev–Trinajstić information content (AvgIpc) is 2.40. The molecule has 0 fully saturated rings. The number of nitrogens with zero attached hydrogens (tertiary/aromatic N) is 1. The fraction of sp³-hybridized carbons (Fsp3) is 0.143. The molecule has 0 bridgehead atoms. The van der Waals surface area contributed by atoms with Gasteiger partial charge in [0.05, 0.1) is 6.04 Å². The van der Waals surface area contributed by atoms with E-state index < -0.39 is 0 Å². The van der Waals surface area contributed by atoms with Crippen LogP contribution in [0.5, 0.6) is 0 Å². The van der Waals surface area contributed by atoms with Gasteiger partial charge in [0.25, 0.3) is 0 Å². The van der Waals surface area contributed by atoms with Crippen LogP contribution in [0.25, 0.3) is 0 Å². The maximum absolute atomic E-state index is 11.8. The van der Waals surface area contributed by atoms with Gasteiger partial charge in [0.2, 0.25) is 0 Å². The Morgan fingerprint density at radius 2 is 1.78 bits per heavy atom. The minimum Gasteiger partial charge on any atom is -0.331 e. The summed E-state index contributed by atoms with van der Waals surface area (Å²) in [7, 11) is 0. The van der Waals surface area contributed by atoms with Gasteiger partial charge in [0, 0.05) is 18.1 Å². The van der Waals surface area contributed by atoms with Crippen LogP contribution in [0.2, 0.25) is 0 Å². The van der Waals surface area contributed by atoms with Crippen molar-refractivity contribution in [1.29, 1.82) is 0 Å². The third kappa shape index (κ3) is 3.31. The van der Waals surface area contributed by atoms with Crippen LogP contribution >= 0.6 is 0 Å². The number of rotatable bonds is 3. The first kappa shape index (κ1) is 12.1. The molecular weight excluding hydrogens is 226 g/mol. The number of carbonyl (C=O) groups is 1. The van der Waals surface area contributed by atoms with Crippen LogP contribution in [0.15, 0.2) is 54.9 Å². The molecule has 0 aliphatic rings. The van der Waals surface area contributed by atoms with Gasteiger partial charge < -0.3 is 10.6 Å². The Morgan fingerprint density at radius 3 is 2.44 bits per heavy atom. The zero-order valence-electron chi connectivity index (χ0n) is 10.1. The monoisotopic (exact) mass is 241 g/mol. The van der Waals surface area contributed by atoms with E-state index in [2.05, 4.69) is 15.6 Å². The number of amides is 2. The van der Waals surface area contributed by atoms with Gasteiger partial charge in [-0.15, -0.1) is 0 Å². The molecule has 1 unspecified atom stereocenters. The zero-order valence-corrected chi connectivity index (χ0v) is 10.1. The number of pyridine rings is 1. The molecule has 2 N–H and O–H groups in total. The van der Waals surface area contributed by atoms with Crippen LogP contribution in [-0.2, 0) is 0 Å². The van der Waals surface area contributed by atoms with Gasteiger partial charge in [-0.2, -0.15) is 0 Å². The minimum atomic E-state index is -0.217. The van der Waals surface area contributed by atoms with Crippen LogP contribution in [0.1, 0.15) is 18.5 Å². The number of para-hydroxylation sites is 1. The van der Waals surface area contributed by atoms with Crippen molar-refractivity contribution in [2.24, 2.45) is 0 Å². The maximum atomic E-state index is 11.8. The van der Waals surface area contributed by atoms with Crippen molar-refractivity contribution in [1.82, 2.24) is 10.3 Å². The molecule has 4 heteroatoms. The smallest absolute Gasteiger partial charge is 0.319 e. The molecule has 0 saturated carbocycles. The van der Waals surface area contributed by atoms with E-state index in [1.807, 2.05) is 49.4 Å². The van der Waals surface area contributed by atoms with Gasteiger partial charge in [-0.05, 0) is 36.8 Å². The van der Waals surface area contributed by atoms with Crippen molar-refractivity contribution in [2.75, 3.05) is 5.32 Å². The number of nitrogens with one attached hydrogen (secondary N) is 2. The first-order chi connectivity index (χ1) is 8.75. The van der Waals surface area contributed by atoms with Gasteiger partial charge in [0.1, 0.15) is 0 Å². The normalized spacial score (nSPS) is 11.6. The zero-order chi connectivity index (χ0) is 12.8. The third-order valence-electron chi connectivity index (χ3n) is 2.59. The van der Waals surface area contributed by atoms with E-state index >= 15 is 0 Å². The topological polar surface area (TPSA) is 54.0 Å². The Bertz CT molecular complexity index is 499. The second-order valence-corrected chi connectivity index (χ2v) is 3.97. The number of aromatic nitrogens is 1. The second kappa shape index (κ2) is 5.82. The van der Waals surface area contributed by atoms with Crippen molar-refractivity contribution in [3.8, 4) is 0 Å². The van der Waals surface area contributed by atoms with E-state index in [1.54, 1.807) is 12.4 Å². The highest BCUT2D eigenvalue weighted by Gasteiger charge is 2.08. The fourth-order valence-corrected chi connectivity index (χ4v) is 1.62. The number of carbonyl (C=O) groups excluding carboxylic acids is 1. The lowest BCUT2D eigenvalue weighted by atomic mass is 10.1. The van der Waals surface area contributed by atoms with Crippen molar-refractivity contribution in [3.63, 3.8) is 0 Å².